The lowest BCUT2D eigenvalue weighted by Crippen LogP contribution is -2.30. The smallest absolute Gasteiger partial charge is 0.129 e. The van der Waals surface area contributed by atoms with Crippen LogP contribution >= 0.6 is 0 Å². The summed E-state index contributed by atoms with van der Waals surface area (Å²) in [6.45, 7) is 0.167. The number of likely N-dealkylation sites (N-methyl/N-ethyl adjacent to an activating group) is 1. The monoisotopic (exact) mass is 238 g/mol. The van der Waals surface area contributed by atoms with Crippen molar-refractivity contribution in [3.05, 3.63) is 35.1 Å². The molecule has 1 rings (SSSR count). The van der Waals surface area contributed by atoms with E-state index in [1.807, 2.05) is 6.07 Å². The minimum Gasteiger partial charge on any atom is -0.389 e. The number of nitriles is 1. The third kappa shape index (κ3) is 3.49. The lowest BCUT2D eigenvalue weighted by molar-refractivity contribution is 0.0181. The zero-order valence-electron chi connectivity index (χ0n) is 9.52. The summed E-state index contributed by atoms with van der Waals surface area (Å²) in [5, 5.41) is 30.4. The number of benzene rings is 1. The molecular weight excluding hydrogens is 223 g/mol. The molecule has 2 atom stereocenters. The molecule has 0 bridgehead atoms. The van der Waals surface area contributed by atoms with E-state index in [1.165, 1.54) is 12.1 Å². The van der Waals surface area contributed by atoms with Gasteiger partial charge in [0.1, 0.15) is 11.9 Å². The zero-order chi connectivity index (χ0) is 12.8. The molecule has 1 aromatic carbocycles. The largest absolute Gasteiger partial charge is 0.389 e. The first kappa shape index (κ1) is 13.6. The first-order valence-electron chi connectivity index (χ1n) is 5.26. The van der Waals surface area contributed by atoms with Gasteiger partial charge < -0.3 is 15.5 Å². The molecule has 92 valence electrons. The Morgan fingerprint density at radius 3 is 2.71 bits per heavy atom. The second kappa shape index (κ2) is 6.30. The standard InChI is InChI=1S/C12H15FN2O2/c1-15-7-11(16)12(17)9-3-2-8(4-5-14)6-10(9)13/h2-3,6,11-12,15-17H,4,7H2,1H3. The van der Waals surface area contributed by atoms with Crippen LogP contribution in [0.2, 0.25) is 0 Å². The van der Waals surface area contributed by atoms with Gasteiger partial charge in [-0.15, -0.1) is 0 Å². The van der Waals surface area contributed by atoms with Crippen molar-refractivity contribution in [1.82, 2.24) is 5.32 Å². The van der Waals surface area contributed by atoms with Gasteiger partial charge in [0, 0.05) is 12.1 Å². The first-order valence-corrected chi connectivity index (χ1v) is 5.26. The van der Waals surface area contributed by atoms with E-state index >= 15 is 0 Å². The van der Waals surface area contributed by atoms with E-state index in [0.717, 1.165) is 0 Å². The van der Waals surface area contributed by atoms with E-state index in [4.69, 9.17) is 5.26 Å². The summed E-state index contributed by atoms with van der Waals surface area (Å²) in [6.07, 6.45) is -2.23. The fraction of sp³-hybridized carbons (Fsp3) is 0.417. The van der Waals surface area contributed by atoms with E-state index < -0.39 is 18.0 Å². The molecule has 0 aliphatic rings. The van der Waals surface area contributed by atoms with E-state index in [-0.39, 0.29) is 18.5 Å². The van der Waals surface area contributed by atoms with Gasteiger partial charge in [-0.25, -0.2) is 4.39 Å². The van der Waals surface area contributed by atoms with Crippen molar-refractivity contribution < 1.29 is 14.6 Å². The topological polar surface area (TPSA) is 76.3 Å². The summed E-state index contributed by atoms with van der Waals surface area (Å²) < 4.78 is 13.6. The molecule has 0 saturated heterocycles. The normalized spacial score (nSPS) is 14.1. The number of nitrogens with zero attached hydrogens (tertiary/aromatic N) is 1. The van der Waals surface area contributed by atoms with Gasteiger partial charge in [-0.1, -0.05) is 12.1 Å². The summed E-state index contributed by atoms with van der Waals surface area (Å²) in [7, 11) is 1.63. The van der Waals surface area contributed by atoms with Crippen LogP contribution < -0.4 is 5.32 Å². The molecule has 0 fully saturated rings. The number of hydrogen-bond donors (Lipinski definition) is 3. The minimum atomic E-state index is -1.28. The number of hydrogen-bond acceptors (Lipinski definition) is 4. The number of aliphatic hydroxyl groups is 2. The maximum absolute atomic E-state index is 13.6. The van der Waals surface area contributed by atoms with Crippen LogP contribution in [0.5, 0.6) is 0 Å². The van der Waals surface area contributed by atoms with Gasteiger partial charge in [0.2, 0.25) is 0 Å². The molecule has 0 aromatic heterocycles. The quantitative estimate of drug-likeness (QED) is 0.698. The molecule has 0 spiro atoms. The van der Waals surface area contributed by atoms with Crippen molar-refractivity contribution in [2.45, 2.75) is 18.6 Å². The van der Waals surface area contributed by atoms with Crippen LogP contribution in [0.3, 0.4) is 0 Å². The molecule has 1 aromatic rings. The fourth-order valence-corrected chi connectivity index (χ4v) is 1.54. The van der Waals surface area contributed by atoms with Crippen molar-refractivity contribution in [1.29, 1.82) is 5.26 Å². The van der Waals surface area contributed by atoms with Crippen LogP contribution in [0, 0.1) is 17.1 Å². The molecule has 3 N–H and O–H groups in total. The third-order valence-corrected chi connectivity index (χ3v) is 2.44. The molecule has 17 heavy (non-hydrogen) atoms. The van der Waals surface area contributed by atoms with Crippen LogP contribution in [0.4, 0.5) is 4.39 Å². The van der Waals surface area contributed by atoms with E-state index in [9.17, 15) is 14.6 Å². The lowest BCUT2D eigenvalue weighted by atomic mass is 10.0. The zero-order valence-corrected chi connectivity index (χ0v) is 9.52. The van der Waals surface area contributed by atoms with Crippen molar-refractivity contribution in [2.75, 3.05) is 13.6 Å². The van der Waals surface area contributed by atoms with Crippen molar-refractivity contribution in [2.24, 2.45) is 0 Å². The van der Waals surface area contributed by atoms with Crippen LogP contribution in [0.25, 0.3) is 0 Å². The van der Waals surface area contributed by atoms with Gasteiger partial charge in [0.05, 0.1) is 18.6 Å². The van der Waals surface area contributed by atoms with Crippen molar-refractivity contribution in [3.63, 3.8) is 0 Å². The summed E-state index contributed by atoms with van der Waals surface area (Å²) >= 11 is 0. The Kier molecular flexibility index (Phi) is 5.04. The molecule has 0 aliphatic carbocycles. The van der Waals surface area contributed by atoms with E-state index in [0.29, 0.717) is 5.56 Å². The van der Waals surface area contributed by atoms with Crippen LogP contribution in [-0.2, 0) is 6.42 Å². The van der Waals surface area contributed by atoms with Crippen LogP contribution in [0.1, 0.15) is 17.2 Å². The van der Waals surface area contributed by atoms with Gasteiger partial charge in [0.25, 0.3) is 0 Å². The van der Waals surface area contributed by atoms with Crippen molar-refractivity contribution >= 4 is 0 Å². The Hall–Kier alpha value is -1.48. The molecule has 0 heterocycles. The highest BCUT2D eigenvalue weighted by molar-refractivity contribution is 5.28. The Bertz CT molecular complexity index is 417. The van der Waals surface area contributed by atoms with Gasteiger partial charge >= 0.3 is 0 Å². The fourth-order valence-electron chi connectivity index (χ4n) is 1.54. The predicted molar refractivity (Wildman–Crippen MR) is 60.6 cm³/mol. The second-order valence-electron chi connectivity index (χ2n) is 3.76. The first-order chi connectivity index (χ1) is 8.10. The van der Waals surface area contributed by atoms with Gasteiger partial charge in [-0.2, -0.15) is 5.26 Å². The summed E-state index contributed by atoms with van der Waals surface area (Å²) in [5.41, 5.74) is 0.582. The maximum atomic E-state index is 13.6. The van der Waals surface area contributed by atoms with Gasteiger partial charge in [-0.3, -0.25) is 0 Å². The molecule has 0 aliphatic heterocycles. The predicted octanol–water partition coefficient (Wildman–Crippen LogP) is 0.505. The lowest BCUT2D eigenvalue weighted by Gasteiger charge is -2.18. The Labute approximate surface area is 99.3 Å². The highest BCUT2D eigenvalue weighted by Crippen LogP contribution is 2.21. The highest BCUT2D eigenvalue weighted by atomic mass is 19.1. The molecular formula is C12H15FN2O2. The Morgan fingerprint density at radius 2 is 2.18 bits per heavy atom. The van der Waals surface area contributed by atoms with Gasteiger partial charge in [-0.05, 0) is 18.7 Å². The SMILES string of the molecule is CNCC(O)C(O)c1ccc(CC#N)cc1F. The third-order valence-electron chi connectivity index (χ3n) is 2.44. The van der Waals surface area contributed by atoms with E-state index in [1.54, 1.807) is 13.1 Å². The highest BCUT2D eigenvalue weighted by Gasteiger charge is 2.20. The molecule has 5 heteroatoms. The Balaban J connectivity index is 2.88. The molecule has 2 unspecified atom stereocenters. The molecule has 0 radical (unpaired) electrons. The average molecular weight is 238 g/mol. The summed E-state index contributed by atoms with van der Waals surface area (Å²) in [4.78, 5) is 0. The van der Waals surface area contributed by atoms with Crippen LogP contribution in [0.15, 0.2) is 18.2 Å². The molecule has 0 amide bonds. The average Bonchev–Trinajstić information content (AvgIpc) is 2.29. The number of halogens is 1. The summed E-state index contributed by atoms with van der Waals surface area (Å²) in [5.74, 6) is -0.611. The minimum absolute atomic E-state index is 0.0365. The Morgan fingerprint density at radius 1 is 1.47 bits per heavy atom. The van der Waals surface area contributed by atoms with Crippen LogP contribution in [-0.4, -0.2) is 29.9 Å². The van der Waals surface area contributed by atoms with E-state index in [2.05, 4.69) is 5.32 Å². The van der Waals surface area contributed by atoms with Crippen molar-refractivity contribution in [3.8, 4) is 6.07 Å². The number of nitrogens with one attached hydrogen (secondary N) is 1. The maximum Gasteiger partial charge on any atom is 0.129 e. The second-order valence-corrected chi connectivity index (χ2v) is 3.76. The molecule has 0 saturated carbocycles. The number of aliphatic hydroxyl groups excluding tert-OH is 2. The summed E-state index contributed by atoms with van der Waals surface area (Å²) in [6, 6.07) is 6.08. The van der Waals surface area contributed by atoms with Gasteiger partial charge in [0.15, 0.2) is 0 Å². The molecule has 4 nitrogen and oxygen atoms in total. The number of rotatable bonds is 5.